The minimum atomic E-state index is -0.203. The van der Waals surface area contributed by atoms with Gasteiger partial charge in [-0.05, 0) is 52.6 Å². The maximum atomic E-state index is 13.9. The molecule has 1 aromatic carbocycles. The van der Waals surface area contributed by atoms with Gasteiger partial charge in [0.05, 0.1) is 13.1 Å². The maximum absolute atomic E-state index is 13.9. The quantitative estimate of drug-likeness (QED) is 0.318. The minimum absolute atomic E-state index is 0. The van der Waals surface area contributed by atoms with Crippen molar-refractivity contribution in [3.05, 3.63) is 35.1 Å². The summed E-state index contributed by atoms with van der Waals surface area (Å²) in [6, 6.07) is 5.09. The van der Waals surface area contributed by atoms with E-state index in [1.807, 2.05) is 57.8 Å². The number of carbonyl (C=O) groups is 1. The Balaban J connectivity index is 0.00000729. The summed E-state index contributed by atoms with van der Waals surface area (Å²) in [5.74, 6) is 0.532. The lowest BCUT2D eigenvalue weighted by atomic mass is 10.1. The molecule has 0 aliphatic heterocycles. The van der Waals surface area contributed by atoms with Crippen molar-refractivity contribution >= 4 is 35.8 Å². The molecule has 0 atom stereocenters. The van der Waals surface area contributed by atoms with E-state index in [9.17, 15) is 9.18 Å². The Bertz CT molecular complexity index is 635. The summed E-state index contributed by atoms with van der Waals surface area (Å²) < 4.78 is 13.9. The molecule has 0 aliphatic rings. The normalized spacial score (nSPS) is 11.2. The van der Waals surface area contributed by atoms with E-state index in [0.29, 0.717) is 44.2 Å². The fourth-order valence-electron chi connectivity index (χ4n) is 2.78. The summed E-state index contributed by atoms with van der Waals surface area (Å²) in [6.07, 6.45) is 0. The second-order valence-electron chi connectivity index (χ2n) is 6.76. The Morgan fingerprint density at radius 3 is 2.32 bits per heavy atom. The number of guanidine groups is 1. The molecule has 0 unspecified atom stereocenters. The predicted molar refractivity (Wildman–Crippen MR) is 125 cm³/mol. The van der Waals surface area contributed by atoms with Gasteiger partial charge >= 0.3 is 0 Å². The van der Waals surface area contributed by atoms with Crippen LogP contribution in [0.2, 0.25) is 0 Å². The summed E-state index contributed by atoms with van der Waals surface area (Å²) >= 11 is 0. The molecule has 1 rings (SSSR count). The van der Waals surface area contributed by atoms with E-state index < -0.39 is 0 Å². The fourth-order valence-corrected chi connectivity index (χ4v) is 2.78. The van der Waals surface area contributed by atoms with Crippen molar-refractivity contribution in [2.75, 3.05) is 47.3 Å². The molecule has 6 nitrogen and oxygen atoms in total. The molecule has 0 radical (unpaired) electrons. The average Bonchev–Trinajstić information content (AvgIpc) is 2.61. The molecular weight excluding hydrogens is 472 g/mol. The third-order valence-corrected chi connectivity index (χ3v) is 4.19. The Morgan fingerprint density at radius 2 is 1.79 bits per heavy atom. The van der Waals surface area contributed by atoms with Crippen molar-refractivity contribution < 1.29 is 9.18 Å². The molecule has 0 spiro atoms. The van der Waals surface area contributed by atoms with Crippen LogP contribution in [0, 0.1) is 5.82 Å². The van der Waals surface area contributed by atoms with Crippen molar-refractivity contribution in [3.8, 4) is 0 Å². The molecule has 1 N–H and O–H groups in total. The predicted octanol–water partition coefficient (Wildman–Crippen LogP) is 2.77. The SMILES string of the molecule is CCNC(=NCc1ccc(F)c(CN(C)C)c1)N(C)CC(=O)N(CC)CC.I. The smallest absolute Gasteiger partial charge is 0.242 e. The molecule has 0 heterocycles. The molecule has 0 aromatic heterocycles. The number of benzene rings is 1. The van der Waals surface area contributed by atoms with Gasteiger partial charge < -0.3 is 20.0 Å². The first-order valence-electron chi connectivity index (χ1n) is 9.51. The monoisotopic (exact) mass is 507 g/mol. The number of hydrogen-bond donors (Lipinski definition) is 1. The Labute approximate surface area is 186 Å². The molecular formula is C20H35FIN5O. The van der Waals surface area contributed by atoms with Crippen molar-refractivity contribution in [3.63, 3.8) is 0 Å². The first-order valence-corrected chi connectivity index (χ1v) is 9.51. The van der Waals surface area contributed by atoms with Gasteiger partial charge in [-0.3, -0.25) is 4.79 Å². The first kappa shape index (κ1) is 26.6. The van der Waals surface area contributed by atoms with E-state index in [2.05, 4.69) is 10.3 Å². The van der Waals surface area contributed by atoms with Gasteiger partial charge in [0.15, 0.2) is 5.96 Å². The molecule has 0 bridgehead atoms. The number of rotatable bonds is 9. The topological polar surface area (TPSA) is 51.2 Å². The Hall–Kier alpha value is -1.42. The highest BCUT2D eigenvalue weighted by Gasteiger charge is 2.15. The maximum Gasteiger partial charge on any atom is 0.242 e. The van der Waals surface area contributed by atoms with Crippen LogP contribution in [0.5, 0.6) is 0 Å². The van der Waals surface area contributed by atoms with Crippen LogP contribution in [0.1, 0.15) is 31.9 Å². The third kappa shape index (κ3) is 8.72. The minimum Gasteiger partial charge on any atom is -0.357 e. The van der Waals surface area contributed by atoms with Crippen LogP contribution in [-0.2, 0) is 17.9 Å². The van der Waals surface area contributed by atoms with Gasteiger partial charge in [0.1, 0.15) is 5.82 Å². The molecule has 0 aliphatic carbocycles. The van der Waals surface area contributed by atoms with Crippen LogP contribution >= 0.6 is 24.0 Å². The van der Waals surface area contributed by atoms with Crippen molar-refractivity contribution in [1.82, 2.24) is 20.0 Å². The van der Waals surface area contributed by atoms with Crippen molar-refractivity contribution in [1.29, 1.82) is 0 Å². The Morgan fingerprint density at radius 1 is 1.14 bits per heavy atom. The van der Waals surface area contributed by atoms with E-state index >= 15 is 0 Å². The highest BCUT2D eigenvalue weighted by Crippen LogP contribution is 2.13. The zero-order valence-electron chi connectivity index (χ0n) is 18.0. The largest absolute Gasteiger partial charge is 0.357 e. The zero-order chi connectivity index (χ0) is 20.4. The van der Waals surface area contributed by atoms with Gasteiger partial charge in [-0.15, -0.1) is 24.0 Å². The highest BCUT2D eigenvalue weighted by molar-refractivity contribution is 14.0. The standard InChI is InChI=1S/C20H34FN5O.HI/c1-7-22-20(25(6)15-19(27)26(8-2)9-3)23-13-16-10-11-18(21)17(12-16)14-24(4)5;/h10-12H,7-9,13-15H2,1-6H3,(H,22,23);1H. The Kier molecular flexibility index (Phi) is 13.0. The fraction of sp³-hybridized carbons (Fsp3) is 0.600. The number of carbonyl (C=O) groups excluding carboxylic acids is 1. The van der Waals surface area contributed by atoms with Gasteiger partial charge in [-0.2, -0.15) is 0 Å². The van der Waals surface area contributed by atoms with Crippen molar-refractivity contribution in [2.45, 2.75) is 33.9 Å². The van der Waals surface area contributed by atoms with Crippen LogP contribution < -0.4 is 5.32 Å². The third-order valence-electron chi connectivity index (χ3n) is 4.19. The summed E-state index contributed by atoms with van der Waals surface area (Å²) in [4.78, 5) is 22.5. The highest BCUT2D eigenvalue weighted by atomic mass is 127. The van der Waals surface area contributed by atoms with Crippen molar-refractivity contribution in [2.24, 2.45) is 4.99 Å². The number of amides is 1. The molecule has 0 saturated heterocycles. The van der Waals surface area contributed by atoms with Crippen LogP contribution in [0.15, 0.2) is 23.2 Å². The van der Waals surface area contributed by atoms with Gasteiger partial charge in [0, 0.05) is 38.8 Å². The van der Waals surface area contributed by atoms with E-state index in [4.69, 9.17) is 0 Å². The number of hydrogen-bond acceptors (Lipinski definition) is 3. The van der Waals surface area contributed by atoms with Gasteiger partial charge in [-0.25, -0.2) is 9.38 Å². The van der Waals surface area contributed by atoms with Crippen LogP contribution in [0.3, 0.4) is 0 Å². The second-order valence-corrected chi connectivity index (χ2v) is 6.76. The molecule has 1 aromatic rings. The van der Waals surface area contributed by atoms with Gasteiger partial charge in [-0.1, -0.05) is 6.07 Å². The van der Waals surface area contributed by atoms with Gasteiger partial charge in [0.25, 0.3) is 0 Å². The van der Waals surface area contributed by atoms with Crippen LogP contribution in [-0.4, -0.2) is 73.9 Å². The van der Waals surface area contributed by atoms with Crippen LogP contribution in [0.4, 0.5) is 4.39 Å². The van der Waals surface area contributed by atoms with E-state index in [-0.39, 0.29) is 42.2 Å². The average molecular weight is 507 g/mol. The molecule has 1 amide bonds. The first-order chi connectivity index (χ1) is 12.8. The lowest BCUT2D eigenvalue weighted by Gasteiger charge is -2.25. The van der Waals surface area contributed by atoms with E-state index in [1.54, 1.807) is 11.0 Å². The lowest BCUT2D eigenvalue weighted by Crippen LogP contribution is -2.45. The molecule has 160 valence electrons. The number of likely N-dealkylation sites (N-methyl/N-ethyl adjacent to an activating group) is 2. The summed E-state index contributed by atoms with van der Waals surface area (Å²) in [6.45, 7) is 9.27. The summed E-state index contributed by atoms with van der Waals surface area (Å²) in [5, 5.41) is 3.21. The number of halogens is 2. The molecule has 8 heteroatoms. The van der Waals surface area contributed by atoms with Gasteiger partial charge in [0.2, 0.25) is 5.91 Å². The molecule has 28 heavy (non-hydrogen) atoms. The second kappa shape index (κ2) is 13.7. The summed E-state index contributed by atoms with van der Waals surface area (Å²) in [7, 11) is 5.68. The van der Waals surface area contributed by atoms with E-state index in [1.165, 1.54) is 6.07 Å². The number of nitrogens with one attached hydrogen (secondary N) is 1. The lowest BCUT2D eigenvalue weighted by molar-refractivity contribution is -0.131. The van der Waals surface area contributed by atoms with E-state index in [0.717, 1.165) is 5.56 Å². The summed E-state index contributed by atoms with van der Waals surface area (Å²) in [5.41, 5.74) is 1.59. The molecule has 0 fully saturated rings. The number of aliphatic imine (C=N–C) groups is 1. The number of nitrogens with zero attached hydrogens (tertiary/aromatic N) is 4. The molecule has 0 saturated carbocycles. The van der Waals surface area contributed by atoms with Crippen LogP contribution in [0.25, 0.3) is 0 Å². The zero-order valence-corrected chi connectivity index (χ0v) is 20.3.